The number of aryl methyl sites for hydroxylation is 2. The Balaban J connectivity index is 2.21. The molecule has 4 nitrogen and oxygen atoms in total. The van der Waals surface area contributed by atoms with Crippen molar-refractivity contribution in [3.8, 4) is 0 Å². The summed E-state index contributed by atoms with van der Waals surface area (Å²) in [6.07, 6.45) is 0. The van der Waals surface area contributed by atoms with Crippen molar-refractivity contribution in [3.05, 3.63) is 69.7 Å². The highest BCUT2D eigenvalue weighted by Crippen LogP contribution is 2.16. The van der Waals surface area contributed by atoms with Gasteiger partial charge in [0.25, 0.3) is 5.91 Å². The monoisotopic (exact) mass is 267 g/mol. The number of carbonyl (C=O) groups is 1. The molecule has 0 radical (unpaired) electrons. The van der Waals surface area contributed by atoms with Crippen LogP contribution in [0.25, 0.3) is 11.1 Å². The average molecular weight is 267 g/mol. The van der Waals surface area contributed by atoms with Crippen LogP contribution in [-0.2, 0) is 0 Å². The quantitative estimate of drug-likeness (QED) is 0.681. The van der Waals surface area contributed by atoms with Crippen LogP contribution < -0.4 is 5.76 Å². The van der Waals surface area contributed by atoms with Crippen LogP contribution in [0.5, 0.6) is 0 Å². The van der Waals surface area contributed by atoms with E-state index in [0.717, 1.165) is 15.7 Å². The van der Waals surface area contributed by atoms with Gasteiger partial charge in [-0.2, -0.15) is 0 Å². The lowest BCUT2D eigenvalue weighted by molar-refractivity contribution is 0.0956. The molecule has 100 valence electrons. The van der Waals surface area contributed by atoms with Gasteiger partial charge in [0.15, 0.2) is 5.58 Å². The Morgan fingerprint density at radius 1 is 1.00 bits per heavy atom. The molecule has 0 N–H and O–H groups in total. The summed E-state index contributed by atoms with van der Waals surface area (Å²) in [5.41, 5.74) is 3.40. The van der Waals surface area contributed by atoms with Gasteiger partial charge in [0, 0.05) is 5.56 Å². The van der Waals surface area contributed by atoms with Crippen LogP contribution in [0, 0.1) is 13.8 Å². The number of nitrogens with zero attached hydrogens (tertiary/aromatic N) is 1. The lowest BCUT2D eigenvalue weighted by Gasteiger charge is -2.02. The number of fused-ring (bicyclic) bond motifs is 1. The van der Waals surface area contributed by atoms with Gasteiger partial charge in [-0.25, -0.2) is 9.36 Å². The number of rotatable bonds is 1. The van der Waals surface area contributed by atoms with Gasteiger partial charge in [-0.05, 0) is 43.7 Å². The fourth-order valence-electron chi connectivity index (χ4n) is 2.14. The first kappa shape index (κ1) is 12.4. The van der Waals surface area contributed by atoms with E-state index in [2.05, 4.69) is 0 Å². The van der Waals surface area contributed by atoms with Gasteiger partial charge in [-0.1, -0.05) is 23.8 Å². The molecule has 0 fully saturated rings. The molecule has 0 bridgehead atoms. The summed E-state index contributed by atoms with van der Waals surface area (Å²) in [4.78, 5) is 24.4. The topological polar surface area (TPSA) is 52.2 Å². The molecule has 1 aromatic heterocycles. The number of aromatic nitrogens is 1. The van der Waals surface area contributed by atoms with E-state index >= 15 is 0 Å². The second-order valence-corrected chi connectivity index (χ2v) is 4.85. The highest BCUT2D eigenvalue weighted by molar-refractivity contribution is 6.00. The van der Waals surface area contributed by atoms with Crippen molar-refractivity contribution in [2.24, 2.45) is 0 Å². The lowest BCUT2D eigenvalue weighted by atomic mass is 10.1. The van der Waals surface area contributed by atoms with Crippen molar-refractivity contribution in [2.45, 2.75) is 13.8 Å². The van der Waals surface area contributed by atoms with Crippen LogP contribution in [0.15, 0.2) is 51.7 Å². The molecule has 4 heteroatoms. The van der Waals surface area contributed by atoms with Crippen LogP contribution >= 0.6 is 0 Å². The van der Waals surface area contributed by atoms with E-state index in [0.29, 0.717) is 16.7 Å². The number of oxazole rings is 1. The number of carbonyl (C=O) groups excluding carboxylic acids is 1. The molecule has 0 unspecified atom stereocenters. The molecule has 2 aromatic carbocycles. The third kappa shape index (κ3) is 1.95. The SMILES string of the molecule is Cc1ccc(C(=O)n2c(=O)oc3ccc(C)cc32)cc1. The lowest BCUT2D eigenvalue weighted by Crippen LogP contribution is -2.23. The van der Waals surface area contributed by atoms with Crippen LogP contribution in [0.4, 0.5) is 0 Å². The molecule has 0 aliphatic rings. The summed E-state index contributed by atoms with van der Waals surface area (Å²) in [7, 11) is 0. The molecule has 0 saturated carbocycles. The van der Waals surface area contributed by atoms with E-state index in [-0.39, 0.29) is 5.91 Å². The van der Waals surface area contributed by atoms with E-state index in [1.165, 1.54) is 0 Å². The molecule has 1 heterocycles. The fraction of sp³-hybridized carbons (Fsp3) is 0.125. The minimum atomic E-state index is -0.656. The Kier molecular flexibility index (Phi) is 2.79. The van der Waals surface area contributed by atoms with Crippen molar-refractivity contribution in [1.82, 2.24) is 4.57 Å². The van der Waals surface area contributed by atoms with E-state index in [1.807, 2.05) is 32.0 Å². The zero-order chi connectivity index (χ0) is 14.3. The fourth-order valence-corrected chi connectivity index (χ4v) is 2.14. The number of hydrogen-bond acceptors (Lipinski definition) is 3. The molecule has 0 spiro atoms. The largest absolute Gasteiger partial charge is 0.427 e. The van der Waals surface area contributed by atoms with E-state index < -0.39 is 5.76 Å². The van der Waals surface area contributed by atoms with Gasteiger partial charge in [0.05, 0.1) is 5.52 Å². The Hall–Kier alpha value is -2.62. The second-order valence-electron chi connectivity index (χ2n) is 4.85. The van der Waals surface area contributed by atoms with Crippen LogP contribution in [0.2, 0.25) is 0 Å². The maximum absolute atomic E-state index is 12.5. The maximum Gasteiger partial charge on any atom is 0.427 e. The van der Waals surface area contributed by atoms with Gasteiger partial charge in [-0.3, -0.25) is 4.79 Å². The van der Waals surface area contributed by atoms with Gasteiger partial charge in [0.2, 0.25) is 0 Å². The molecule has 0 atom stereocenters. The van der Waals surface area contributed by atoms with Crippen molar-refractivity contribution < 1.29 is 9.21 Å². The third-order valence-corrected chi connectivity index (χ3v) is 3.24. The summed E-state index contributed by atoms with van der Waals surface area (Å²) in [6.45, 7) is 3.84. The average Bonchev–Trinajstić information content (AvgIpc) is 2.74. The first-order chi connectivity index (χ1) is 9.56. The number of hydrogen-bond donors (Lipinski definition) is 0. The van der Waals surface area contributed by atoms with Gasteiger partial charge in [0.1, 0.15) is 0 Å². The van der Waals surface area contributed by atoms with Gasteiger partial charge in [-0.15, -0.1) is 0 Å². The Labute approximate surface area is 115 Å². The predicted octanol–water partition coefficient (Wildman–Crippen LogP) is 2.90. The van der Waals surface area contributed by atoms with Gasteiger partial charge < -0.3 is 4.42 Å². The van der Waals surface area contributed by atoms with Crippen molar-refractivity contribution in [3.63, 3.8) is 0 Å². The normalized spacial score (nSPS) is 10.9. The molecule has 3 rings (SSSR count). The molecule has 0 aliphatic carbocycles. The summed E-state index contributed by atoms with van der Waals surface area (Å²) in [5, 5.41) is 0. The Bertz CT molecular complexity index is 854. The zero-order valence-corrected chi connectivity index (χ0v) is 11.2. The van der Waals surface area contributed by atoms with Crippen LogP contribution in [-0.4, -0.2) is 10.5 Å². The van der Waals surface area contributed by atoms with E-state index in [9.17, 15) is 9.59 Å². The predicted molar refractivity (Wildman–Crippen MR) is 76.1 cm³/mol. The summed E-state index contributed by atoms with van der Waals surface area (Å²) < 4.78 is 6.18. The van der Waals surface area contributed by atoms with Crippen LogP contribution in [0.1, 0.15) is 21.5 Å². The molecule has 0 amide bonds. The molecule has 3 aromatic rings. The minimum Gasteiger partial charge on any atom is -0.407 e. The summed E-state index contributed by atoms with van der Waals surface area (Å²) in [5.74, 6) is -1.03. The molecule has 0 aliphatic heterocycles. The molecule has 20 heavy (non-hydrogen) atoms. The smallest absolute Gasteiger partial charge is 0.407 e. The summed E-state index contributed by atoms with van der Waals surface area (Å²) >= 11 is 0. The molecular weight excluding hydrogens is 254 g/mol. The first-order valence-electron chi connectivity index (χ1n) is 6.30. The highest BCUT2D eigenvalue weighted by atomic mass is 16.4. The van der Waals surface area contributed by atoms with E-state index in [1.54, 1.807) is 24.3 Å². The number of benzene rings is 2. The van der Waals surface area contributed by atoms with E-state index in [4.69, 9.17) is 4.42 Å². The Morgan fingerprint density at radius 3 is 2.35 bits per heavy atom. The Morgan fingerprint density at radius 2 is 1.65 bits per heavy atom. The second kappa shape index (κ2) is 4.49. The molecule has 0 saturated heterocycles. The van der Waals surface area contributed by atoms with Crippen molar-refractivity contribution >= 4 is 17.0 Å². The first-order valence-corrected chi connectivity index (χ1v) is 6.30. The molecular formula is C16H13NO3. The minimum absolute atomic E-state index is 0.376. The summed E-state index contributed by atoms with van der Waals surface area (Å²) in [6, 6.07) is 12.4. The van der Waals surface area contributed by atoms with Crippen molar-refractivity contribution in [1.29, 1.82) is 0 Å². The zero-order valence-electron chi connectivity index (χ0n) is 11.2. The van der Waals surface area contributed by atoms with Crippen LogP contribution in [0.3, 0.4) is 0 Å². The third-order valence-electron chi connectivity index (χ3n) is 3.24. The maximum atomic E-state index is 12.5. The van der Waals surface area contributed by atoms with Gasteiger partial charge >= 0.3 is 5.76 Å². The van der Waals surface area contributed by atoms with Crippen molar-refractivity contribution in [2.75, 3.05) is 0 Å². The highest BCUT2D eigenvalue weighted by Gasteiger charge is 2.17. The standard InChI is InChI=1S/C16H13NO3/c1-10-3-6-12(7-4-10)15(18)17-13-9-11(2)5-8-14(13)20-16(17)19/h3-9H,1-2H3.